The van der Waals surface area contributed by atoms with Crippen molar-refractivity contribution >= 4 is 133 Å². The van der Waals surface area contributed by atoms with E-state index in [1.54, 1.807) is 103 Å². The molecule has 3 heteroatoms. The molecule has 348 valence electrons. The van der Waals surface area contributed by atoms with Gasteiger partial charge in [0.05, 0.1) is 22.8 Å². The lowest BCUT2D eigenvalue weighted by Gasteiger charge is -2.38. The van der Waals surface area contributed by atoms with Crippen LogP contribution in [0.2, 0.25) is 0 Å². The molecule has 14 aromatic rings. The summed E-state index contributed by atoms with van der Waals surface area (Å²) >= 11 is 0. The molecule has 2 aromatic heterocycles. The van der Waals surface area contributed by atoms with Gasteiger partial charge in [0, 0.05) is 45.9 Å². The molecule has 2 heterocycles. The number of fused-ring (bicyclic) bond motifs is 8. The molecule has 0 radical (unpaired) electrons. The Kier molecular flexibility index (Phi) is 5.93. The third kappa shape index (κ3) is 3.75. The van der Waals surface area contributed by atoms with Crippen LogP contribution in [0.5, 0.6) is 0 Å². The third-order valence-electron chi connectivity index (χ3n) is 21.5. The summed E-state index contributed by atoms with van der Waals surface area (Å²) in [5.41, 5.74) is 20.9. The minimum Gasteiger partial charge on any atom is -0.311 e. The summed E-state index contributed by atoms with van der Waals surface area (Å²) in [5, 5.41) is 28.8. The Morgan fingerprint density at radius 3 is 1.66 bits per heavy atom. The lowest BCUT2D eigenvalue weighted by molar-refractivity contribution is 0.344. The highest BCUT2D eigenvalue weighted by molar-refractivity contribution is 6.57. The van der Waals surface area contributed by atoms with Crippen LogP contribution in [-0.2, 0) is 0 Å². The van der Waals surface area contributed by atoms with Gasteiger partial charge in [0.2, 0.25) is 0 Å². The molecule has 9 atom stereocenters. The van der Waals surface area contributed by atoms with Crippen molar-refractivity contribution in [3.8, 4) is 22.5 Å². The van der Waals surface area contributed by atoms with Crippen LogP contribution >= 0.6 is 0 Å². The summed E-state index contributed by atoms with van der Waals surface area (Å²) in [7, 11) is 0. The zero-order chi connectivity index (χ0) is 48.6. The van der Waals surface area contributed by atoms with Crippen LogP contribution < -0.4 is 15.3 Å². The average molecular weight is 960 g/mol. The maximum absolute atomic E-state index is 4.86. The standard InChI is InChI=1S/C73H41N3/c1-3-34-7-5-9-47(74-34)31-11-17-36(18-12-31)76(37-19-13-32(14-20-37)48-10-6-8-35(4-2)75-48)38-21-15-33(16-22-38)49-60-58-45-29-27-43-41-25-23-39-40-24-26-42-44-28-30-46-57-55(44)64-53(42)51(40)62-50(39)52(41)63-54(43)56(45)65-67(58)68(59(46)61(49)60)66(57)73-71(64)69(62)70(63)72(65)73/h3-30,41,43,45,49,52,54,56,60-61H,1-2H2. The number of benzene rings is 8. The molecule has 76 heavy (non-hydrogen) atoms. The van der Waals surface area contributed by atoms with Crippen molar-refractivity contribution in [1.29, 1.82) is 0 Å². The van der Waals surface area contributed by atoms with E-state index in [4.69, 9.17) is 9.97 Å². The highest BCUT2D eigenvalue weighted by atomic mass is 15.1. The number of pyridine rings is 2. The maximum Gasteiger partial charge on any atom is 0.0709 e. The highest BCUT2D eigenvalue weighted by Gasteiger charge is 2.65. The van der Waals surface area contributed by atoms with Crippen molar-refractivity contribution in [3.63, 3.8) is 0 Å². The molecule has 0 aliphatic heterocycles. The van der Waals surface area contributed by atoms with Crippen molar-refractivity contribution in [2.75, 3.05) is 4.90 Å². The Bertz CT molecular complexity index is 5210. The lowest BCUT2D eigenvalue weighted by Crippen LogP contribution is -2.33. The summed E-state index contributed by atoms with van der Waals surface area (Å²) in [6, 6.07) is 50.0. The Hall–Kier alpha value is -8.92. The quantitative estimate of drug-likeness (QED) is 0.112. The van der Waals surface area contributed by atoms with E-state index in [-0.39, 0.29) is 0 Å². The second-order valence-corrected chi connectivity index (χ2v) is 24.0. The van der Waals surface area contributed by atoms with E-state index in [1.165, 1.54) is 27.3 Å². The SMILES string of the molecule is C=Cc1cccc(-c2ccc(N(c3ccc(-c4cccc(C=C)n4)cc3)c3ccc(C4C5C6=c7c8c9c%10c%11c%12c%13c(c%14ccc%15c%16ccc%17c(c7c7c%17c%16c(c%15c%14%12)c%11c97)C54)C=CC4C%13C=%10C5C4C=CC6C85)cc3)cc2)n1. The number of hydrogen-bond acceptors (Lipinski definition) is 3. The van der Waals surface area contributed by atoms with Gasteiger partial charge in [-0.15, -0.1) is 0 Å². The molecular weight excluding hydrogens is 919 g/mol. The van der Waals surface area contributed by atoms with Crippen LogP contribution in [0.4, 0.5) is 17.1 Å². The van der Waals surface area contributed by atoms with Gasteiger partial charge in [-0.25, -0.2) is 9.97 Å². The molecule has 0 amide bonds. The molecule has 0 spiro atoms. The van der Waals surface area contributed by atoms with Gasteiger partial charge >= 0.3 is 0 Å². The topological polar surface area (TPSA) is 29.0 Å². The van der Waals surface area contributed by atoms with E-state index in [0.29, 0.717) is 53.3 Å². The maximum atomic E-state index is 4.86. The average Bonchev–Trinajstić information content (AvgIpc) is 2.79. The number of aromatic nitrogens is 2. The Morgan fingerprint density at radius 2 is 0.974 bits per heavy atom. The molecule has 22 rings (SSSR count). The fourth-order valence-corrected chi connectivity index (χ4v) is 19.2. The summed E-state index contributed by atoms with van der Waals surface area (Å²) in [4.78, 5) is 12.1. The van der Waals surface area contributed by atoms with Gasteiger partial charge < -0.3 is 4.90 Å². The summed E-state index contributed by atoms with van der Waals surface area (Å²) in [5.74, 6) is 4.49. The van der Waals surface area contributed by atoms with E-state index < -0.39 is 0 Å². The molecule has 12 aromatic carbocycles. The van der Waals surface area contributed by atoms with Crippen molar-refractivity contribution in [2.24, 2.45) is 29.6 Å². The molecule has 0 N–H and O–H groups in total. The van der Waals surface area contributed by atoms with E-state index in [2.05, 4.69) is 164 Å². The smallest absolute Gasteiger partial charge is 0.0709 e. The second kappa shape index (κ2) is 11.9. The zero-order valence-corrected chi connectivity index (χ0v) is 41.1. The van der Waals surface area contributed by atoms with E-state index >= 15 is 0 Å². The van der Waals surface area contributed by atoms with Gasteiger partial charge in [-0.3, -0.25) is 0 Å². The van der Waals surface area contributed by atoms with Crippen molar-refractivity contribution in [1.82, 2.24) is 9.97 Å². The van der Waals surface area contributed by atoms with Gasteiger partial charge in [-0.1, -0.05) is 116 Å². The number of anilines is 3. The summed E-state index contributed by atoms with van der Waals surface area (Å²) in [6.07, 6.45) is 14.4. The van der Waals surface area contributed by atoms with E-state index in [0.717, 1.165) is 51.0 Å². The van der Waals surface area contributed by atoms with Gasteiger partial charge in [-0.2, -0.15) is 0 Å². The van der Waals surface area contributed by atoms with Crippen LogP contribution in [-0.4, -0.2) is 9.97 Å². The minimum absolute atomic E-state index is 0.420. The number of nitrogens with zero attached hydrogens (tertiary/aromatic N) is 3. The van der Waals surface area contributed by atoms with Crippen molar-refractivity contribution in [3.05, 3.63) is 214 Å². The predicted molar refractivity (Wildman–Crippen MR) is 314 cm³/mol. The number of rotatable bonds is 8. The second-order valence-electron chi connectivity index (χ2n) is 24.0. The first-order chi connectivity index (χ1) is 37.7. The first kappa shape index (κ1) is 37.8. The van der Waals surface area contributed by atoms with Crippen LogP contribution in [0.1, 0.15) is 62.9 Å². The normalized spacial score (nSPS) is 25.2. The van der Waals surface area contributed by atoms with E-state index in [9.17, 15) is 0 Å². The lowest BCUT2D eigenvalue weighted by atomic mass is 9.64. The first-order valence-corrected chi connectivity index (χ1v) is 27.7. The fourth-order valence-electron chi connectivity index (χ4n) is 19.2. The molecule has 2 saturated carbocycles. The molecule has 0 saturated heterocycles. The molecule has 0 bridgehead atoms. The monoisotopic (exact) mass is 959 g/mol. The summed E-state index contributed by atoms with van der Waals surface area (Å²) < 4.78 is 0. The van der Waals surface area contributed by atoms with Crippen LogP contribution in [0, 0.1) is 29.6 Å². The first-order valence-electron chi connectivity index (χ1n) is 27.7. The largest absolute Gasteiger partial charge is 0.311 e. The van der Waals surface area contributed by atoms with Gasteiger partial charge in [0.1, 0.15) is 0 Å². The molecule has 3 nitrogen and oxygen atoms in total. The van der Waals surface area contributed by atoms with Crippen molar-refractivity contribution < 1.29 is 0 Å². The molecule has 8 aliphatic rings. The number of allylic oxidation sites excluding steroid dienone is 3. The van der Waals surface area contributed by atoms with Crippen LogP contribution in [0.15, 0.2) is 165 Å². The fraction of sp³-hybridized carbons (Fsp3) is 0.123. The van der Waals surface area contributed by atoms with Gasteiger partial charge in [0.15, 0.2) is 0 Å². The minimum atomic E-state index is 0.420. The molecule has 8 aliphatic carbocycles. The number of hydrogen-bond donors (Lipinski definition) is 0. The third-order valence-corrected chi connectivity index (χ3v) is 21.5. The van der Waals surface area contributed by atoms with E-state index in [1.807, 2.05) is 29.9 Å². The van der Waals surface area contributed by atoms with Gasteiger partial charge in [0.25, 0.3) is 0 Å². The van der Waals surface area contributed by atoms with Gasteiger partial charge in [-0.05, 0) is 238 Å². The predicted octanol–water partition coefficient (Wildman–Crippen LogP) is 16.5. The highest BCUT2D eigenvalue weighted by Crippen LogP contribution is 2.77. The molecule has 9 unspecified atom stereocenters. The Morgan fingerprint density at radius 1 is 0.395 bits per heavy atom. The Balaban J connectivity index is 0.752. The van der Waals surface area contributed by atoms with Crippen LogP contribution in [0.3, 0.4) is 0 Å². The zero-order valence-electron chi connectivity index (χ0n) is 41.1. The molecular formula is C73H41N3. The van der Waals surface area contributed by atoms with Crippen molar-refractivity contribution in [2.45, 2.75) is 23.7 Å². The summed E-state index contributed by atoms with van der Waals surface area (Å²) in [6.45, 7) is 7.94. The Labute approximate surface area is 435 Å². The van der Waals surface area contributed by atoms with Crippen LogP contribution in [0.25, 0.3) is 138 Å². The molecule has 2 fully saturated rings.